The standard InChI is InChI=1S/C19H24FN5S/c20-16-7-9-17(10-8-16)25-18(15-24-12-4-2-5-13-24)22-23-19(25)26-14-6-1-3-11-21/h7-10H,1-6,12-15H2. The van der Waals surface area contributed by atoms with Gasteiger partial charge < -0.3 is 0 Å². The fourth-order valence-corrected chi connectivity index (χ4v) is 4.10. The van der Waals surface area contributed by atoms with E-state index in [9.17, 15) is 4.39 Å². The minimum atomic E-state index is -0.245. The molecule has 26 heavy (non-hydrogen) atoms. The third kappa shape index (κ3) is 5.05. The van der Waals surface area contributed by atoms with Gasteiger partial charge in [0.2, 0.25) is 0 Å². The monoisotopic (exact) mass is 373 g/mol. The van der Waals surface area contributed by atoms with Crippen LogP contribution >= 0.6 is 11.8 Å². The van der Waals surface area contributed by atoms with Gasteiger partial charge in [0.15, 0.2) is 11.0 Å². The van der Waals surface area contributed by atoms with Crippen LogP contribution in [0, 0.1) is 17.1 Å². The summed E-state index contributed by atoms with van der Waals surface area (Å²) in [7, 11) is 0. The molecule has 1 aliphatic heterocycles. The quantitative estimate of drug-likeness (QED) is 0.513. The van der Waals surface area contributed by atoms with E-state index < -0.39 is 0 Å². The topological polar surface area (TPSA) is 57.7 Å². The fourth-order valence-electron chi connectivity index (χ4n) is 3.13. The first kappa shape index (κ1) is 18.9. The minimum absolute atomic E-state index is 0.245. The van der Waals surface area contributed by atoms with Crippen molar-refractivity contribution in [3.8, 4) is 11.8 Å². The average molecular weight is 374 g/mol. The number of likely N-dealkylation sites (tertiary alicyclic amines) is 1. The molecule has 0 spiro atoms. The third-order valence-corrected chi connectivity index (χ3v) is 5.53. The van der Waals surface area contributed by atoms with Crippen molar-refractivity contribution >= 4 is 11.8 Å². The van der Waals surface area contributed by atoms with Gasteiger partial charge in [-0.2, -0.15) is 5.26 Å². The highest BCUT2D eigenvalue weighted by molar-refractivity contribution is 7.99. The van der Waals surface area contributed by atoms with Crippen LogP contribution in [0.5, 0.6) is 0 Å². The molecule has 1 aliphatic rings. The van der Waals surface area contributed by atoms with Crippen LogP contribution < -0.4 is 0 Å². The Morgan fingerprint density at radius 3 is 2.58 bits per heavy atom. The number of piperidine rings is 1. The van der Waals surface area contributed by atoms with Crippen LogP contribution in [0.2, 0.25) is 0 Å². The fraction of sp³-hybridized carbons (Fsp3) is 0.526. The molecule has 2 heterocycles. The van der Waals surface area contributed by atoms with Gasteiger partial charge in [0, 0.05) is 17.9 Å². The average Bonchev–Trinajstić information content (AvgIpc) is 3.05. The van der Waals surface area contributed by atoms with Crippen molar-refractivity contribution in [2.75, 3.05) is 18.8 Å². The molecule has 5 nitrogen and oxygen atoms in total. The number of hydrogen-bond donors (Lipinski definition) is 0. The SMILES string of the molecule is N#CCCCCSc1nnc(CN2CCCCC2)n1-c1ccc(F)cc1. The van der Waals surface area contributed by atoms with Gasteiger partial charge in [-0.1, -0.05) is 18.2 Å². The Morgan fingerprint density at radius 1 is 1.08 bits per heavy atom. The number of unbranched alkanes of at least 4 members (excludes halogenated alkanes) is 2. The molecule has 2 aromatic rings. The van der Waals surface area contributed by atoms with Crippen molar-refractivity contribution < 1.29 is 4.39 Å². The number of nitrogens with zero attached hydrogens (tertiary/aromatic N) is 5. The Kier molecular flexibility index (Phi) is 7.04. The predicted octanol–water partition coefficient (Wildman–Crippen LogP) is 4.18. The van der Waals surface area contributed by atoms with E-state index in [0.29, 0.717) is 6.42 Å². The summed E-state index contributed by atoms with van der Waals surface area (Å²) in [6.07, 6.45) is 6.21. The molecule has 0 saturated carbocycles. The van der Waals surface area contributed by atoms with E-state index in [1.165, 1.54) is 31.4 Å². The maximum atomic E-state index is 13.3. The summed E-state index contributed by atoms with van der Waals surface area (Å²) in [5.41, 5.74) is 0.892. The van der Waals surface area contributed by atoms with Crippen molar-refractivity contribution in [3.63, 3.8) is 0 Å². The zero-order valence-electron chi connectivity index (χ0n) is 14.9. The van der Waals surface area contributed by atoms with E-state index in [1.54, 1.807) is 23.9 Å². The Bertz CT molecular complexity index is 731. The Balaban J connectivity index is 1.77. The highest BCUT2D eigenvalue weighted by atomic mass is 32.2. The summed E-state index contributed by atoms with van der Waals surface area (Å²) >= 11 is 1.65. The molecule has 0 atom stereocenters. The number of halogens is 1. The highest BCUT2D eigenvalue weighted by Crippen LogP contribution is 2.24. The molecule has 0 unspecified atom stereocenters. The summed E-state index contributed by atoms with van der Waals surface area (Å²) in [5, 5.41) is 18.3. The molecule has 1 aromatic carbocycles. The van der Waals surface area contributed by atoms with Crippen molar-refractivity contribution in [1.29, 1.82) is 5.26 Å². The summed E-state index contributed by atoms with van der Waals surface area (Å²) in [5.74, 6) is 1.55. The molecule has 0 amide bonds. The zero-order chi connectivity index (χ0) is 18.2. The van der Waals surface area contributed by atoms with Gasteiger partial charge in [0.25, 0.3) is 0 Å². The highest BCUT2D eigenvalue weighted by Gasteiger charge is 2.18. The number of hydrogen-bond acceptors (Lipinski definition) is 5. The molecular formula is C19H24FN5S. The lowest BCUT2D eigenvalue weighted by Crippen LogP contribution is -2.30. The normalized spacial score (nSPS) is 15.1. The summed E-state index contributed by atoms with van der Waals surface area (Å²) in [6.45, 7) is 2.94. The lowest BCUT2D eigenvalue weighted by atomic mass is 10.1. The molecule has 0 N–H and O–H groups in total. The Labute approximate surface area is 158 Å². The number of nitriles is 1. The van der Waals surface area contributed by atoms with E-state index in [-0.39, 0.29) is 5.82 Å². The van der Waals surface area contributed by atoms with Crippen LogP contribution in [0.1, 0.15) is 44.3 Å². The lowest BCUT2D eigenvalue weighted by molar-refractivity contribution is 0.214. The van der Waals surface area contributed by atoms with Crippen molar-refractivity contribution in [3.05, 3.63) is 35.9 Å². The summed E-state index contributed by atoms with van der Waals surface area (Å²) in [6, 6.07) is 8.67. The first-order valence-corrected chi connectivity index (χ1v) is 10.2. The minimum Gasteiger partial charge on any atom is -0.296 e. The number of thioether (sulfide) groups is 1. The van der Waals surface area contributed by atoms with E-state index in [0.717, 1.165) is 54.9 Å². The molecule has 1 fully saturated rings. The number of rotatable bonds is 8. The van der Waals surface area contributed by atoms with Gasteiger partial charge >= 0.3 is 0 Å². The summed E-state index contributed by atoms with van der Waals surface area (Å²) < 4.78 is 15.4. The van der Waals surface area contributed by atoms with Gasteiger partial charge in [-0.05, 0) is 63.0 Å². The second-order valence-corrected chi connectivity index (χ2v) is 7.57. The molecule has 138 valence electrons. The molecular weight excluding hydrogens is 349 g/mol. The molecule has 0 radical (unpaired) electrons. The largest absolute Gasteiger partial charge is 0.296 e. The van der Waals surface area contributed by atoms with Gasteiger partial charge in [0.05, 0.1) is 12.6 Å². The van der Waals surface area contributed by atoms with Crippen LogP contribution in [-0.4, -0.2) is 38.5 Å². The smallest absolute Gasteiger partial charge is 0.195 e. The first-order valence-electron chi connectivity index (χ1n) is 9.20. The maximum absolute atomic E-state index is 13.3. The Morgan fingerprint density at radius 2 is 1.85 bits per heavy atom. The van der Waals surface area contributed by atoms with Crippen LogP contribution in [-0.2, 0) is 6.54 Å². The van der Waals surface area contributed by atoms with Gasteiger partial charge in [-0.15, -0.1) is 10.2 Å². The number of benzene rings is 1. The van der Waals surface area contributed by atoms with Crippen LogP contribution in [0.4, 0.5) is 4.39 Å². The molecule has 1 saturated heterocycles. The first-order chi connectivity index (χ1) is 12.8. The molecule has 0 bridgehead atoms. The van der Waals surface area contributed by atoms with Gasteiger partial charge in [-0.3, -0.25) is 9.47 Å². The van der Waals surface area contributed by atoms with Crippen molar-refractivity contribution in [1.82, 2.24) is 19.7 Å². The maximum Gasteiger partial charge on any atom is 0.195 e. The van der Waals surface area contributed by atoms with Crippen LogP contribution in [0.15, 0.2) is 29.4 Å². The second kappa shape index (κ2) is 9.70. The van der Waals surface area contributed by atoms with Crippen LogP contribution in [0.3, 0.4) is 0 Å². The Hall–Kier alpha value is -1.91. The van der Waals surface area contributed by atoms with E-state index in [4.69, 9.17) is 5.26 Å². The molecule has 1 aromatic heterocycles. The van der Waals surface area contributed by atoms with E-state index in [2.05, 4.69) is 21.2 Å². The number of aromatic nitrogens is 3. The van der Waals surface area contributed by atoms with Gasteiger partial charge in [-0.25, -0.2) is 4.39 Å². The van der Waals surface area contributed by atoms with E-state index in [1.807, 2.05) is 4.57 Å². The van der Waals surface area contributed by atoms with Crippen molar-refractivity contribution in [2.45, 2.75) is 50.2 Å². The zero-order valence-corrected chi connectivity index (χ0v) is 15.7. The molecule has 7 heteroatoms. The van der Waals surface area contributed by atoms with E-state index >= 15 is 0 Å². The second-order valence-electron chi connectivity index (χ2n) is 6.51. The predicted molar refractivity (Wildman–Crippen MR) is 101 cm³/mol. The third-order valence-electron chi connectivity index (χ3n) is 4.51. The lowest BCUT2D eigenvalue weighted by Gasteiger charge is -2.26. The van der Waals surface area contributed by atoms with Crippen LogP contribution in [0.25, 0.3) is 5.69 Å². The van der Waals surface area contributed by atoms with Gasteiger partial charge in [0.1, 0.15) is 5.82 Å². The molecule has 0 aliphatic carbocycles. The summed E-state index contributed by atoms with van der Waals surface area (Å²) in [4.78, 5) is 2.41. The molecule has 3 rings (SSSR count). The van der Waals surface area contributed by atoms with Crippen molar-refractivity contribution in [2.24, 2.45) is 0 Å².